The van der Waals surface area contributed by atoms with Crippen molar-refractivity contribution in [3.8, 4) is 10.6 Å². The van der Waals surface area contributed by atoms with Gasteiger partial charge in [0, 0.05) is 25.4 Å². The van der Waals surface area contributed by atoms with Gasteiger partial charge in [-0.05, 0) is 49.6 Å². The molecule has 3 aromatic heterocycles. The second kappa shape index (κ2) is 9.72. The molecular formula is C24H24F5N5OS. The smallest absolute Gasteiger partial charge is 0.368 e. The van der Waals surface area contributed by atoms with Crippen molar-refractivity contribution in [3.05, 3.63) is 58.5 Å². The van der Waals surface area contributed by atoms with Crippen LogP contribution < -0.4 is 5.32 Å². The number of carbonyl (C=O) groups excluding carboxylic acids is 1. The molecule has 0 aromatic carbocycles. The minimum atomic E-state index is -4.52. The Morgan fingerprint density at radius 2 is 1.97 bits per heavy atom. The number of aromatic nitrogens is 3. The van der Waals surface area contributed by atoms with Crippen molar-refractivity contribution in [2.75, 3.05) is 18.4 Å². The number of nitrogens with one attached hydrogen (secondary N) is 1. The minimum absolute atomic E-state index is 0.0303. The van der Waals surface area contributed by atoms with Gasteiger partial charge in [-0.15, -0.1) is 11.3 Å². The monoisotopic (exact) mass is 525 g/mol. The number of rotatable bonds is 5. The number of hydrogen-bond acceptors (Lipinski definition) is 6. The molecule has 4 heterocycles. The number of halogens is 5. The van der Waals surface area contributed by atoms with Gasteiger partial charge in [0.05, 0.1) is 33.7 Å². The van der Waals surface area contributed by atoms with E-state index >= 15 is 0 Å². The highest BCUT2D eigenvalue weighted by Crippen LogP contribution is 2.37. The second-order valence-electron chi connectivity index (χ2n) is 8.98. The van der Waals surface area contributed by atoms with Gasteiger partial charge in [-0.25, -0.2) is 18.7 Å². The zero-order chi connectivity index (χ0) is 26.3. The molecule has 0 aliphatic carbocycles. The van der Waals surface area contributed by atoms with Crippen LogP contribution in [-0.4, -0.2) is 50.8 Å². The molecule has 1 aliphatic heterocycles. The summed E-state index contributed by atoms with van der Waals surface area (Å²) in [6, 6.07) is 4.99. The quantitative estimate of drug-likeness (QED) is 0.424. The largest absolute Gasteiger partial charge is 0.417 e. The first-order valence-electron chi connectivity index (χ1n) is 11.2. The summed E-state index contributed by atoms with van der Waals surface area (Å²) in [5, 5.41) is 3.49. The number of thiazole rings is 1. The van der Waals surface area contributed by atoms with Gasteiger partial charge >= 0.3 is 6.18 Å². The van der Waals surface area contributed by atoms with E-state index in [4.69, 9.17) is 0 Å². The van der Waals surface area contributed by atoms with Crippen LogP contribution in [0.1, 0.15) is 40.0 Å². The van der Waals surface area contributed by atoms with Gasteiger partial charge in [-0.2, -0.15) is 13.2 Å². The van der Waals surface area contributed by atoms with Gasteiger partial charge in [0.15, 0.2) is 0 Å². The third kappa shape index (κ3) is 5.63. The average Bonchev–Trinajstić information content (AvgIpc) is 3.18. The van der Waals surface area contributed by atoms with Crippen LogP contribution in [0, 0.1) is 19.8 Å². The van der Waals surface area contributed by atoms with Crippen LogP contribution in [0.15, 0.2) is 36.7 Å². The molecule has 0 radical (unpaired) electrons. The Morgan fingerprint density at radius 3 is 2.61 bits per heavy atom. The number of pyridine rings is 2. The molecule has 0 spiro atoms. The molecule has 1 amide bonds. The van der Waals surface area contributed by atoms with Gasteiger partial charge in [-0.1, -0.05) is 6.92 Å². The molecule has 1 fully saturated rings. The molecule has 0 saturated carbocycles. The summed E-state index contributed by atoms with van der Waals surface area (Å²) in [4.78, 5) is 27.7. The van der Waals surface area contributed by atoms with Crippen LogP contribution in [-0.2, 0) is 6.18 Å². The zero-order valence-electron chi connectivity index (χ0n) is 19.7. The maximum Gasteiger partial charge on any atom is 0.417 e. The fourth-order valence-electron chi connectivity index (χ4n) is 4.30. The van der Waals surface area contributed by atoms with Gasteiger partial charge in [0.25, 0.3) is 11.8 Å². The fourth-order valence-corrected chi connectivity index (χ4v) is 5.17. The highest BCUT2D eigenvalue weighted by atomic mass is 32.1. The summed E-state index contributed by atoms with van der Waals surface area (Å²) in [5.74, 6) is -4.18. The number of carbonyl (C=O) groups is 1. The highest BCUT2D eigenvalue weighted by Gasteiger charge is 2.47. The summed E-state index contributed by atoms with van der Waals surface area (Å²) in [7, 11) is 0. The first-order valence-corrected chi connectivity index (χ1v) is 12.0. The van der Waals surface area contributed by atoms with Gasteiger partial charge in [0.1, 0.15) is 11.5 Å². The first kappa shape index (κ1) is 25.9. The molecule has 12 heteroatoms. The Morgan fingerprint density at radius 1 is 1.22 bits per heavy atom. The molecule has 36 heavy (non-hydrogen) atoms. The number of piperidine rings is 1. The van der Waals surface area contributed by atoms with E-state index in [1.165, 1.54) is 17.4 Å². The van der Waals surface area contributed by atoms with Crippen LogP contribution in [0.4, 0.5) is 27.8 Å². The van der Waals surface area contributed by atoms with Crippen molar-refractivity contribution < 1.29 is 26.7 Å². The lowest BCUT2D eigenvalue weighted by atomic mass is 9.88. The summed E-state index contributed by atoms with van der Waals surface area (Å²) < 4.78 is 67.6. The van der Waals surface area contributed by atoms with Gasteiger partial charge in [-0.3, -0.25) is 9.78 Å². The van der Waals surface area contributed by atoms with Crippen molar-refractivity contribution in [2.45, 2.75) is 45.3 Å². The number of likely N-dealkylation sites (tertiary alicyclic amines) is 1. The molecule has 1 N–H and O–H groups in total. The molecule has 1 aliphatic rings. The zero-order valence-corrected chi connectivity index (χ0v) is 20.6. The van der Waals surface area contributed by atoms with E-state index in [1.54, 1.807) is 26.1 Å². The predicted molar refractivity (Wildman–Crippen MR) is 126 cm³/mol. The molecule has 1 unspecified atom stereocenters. The third-order valence-electron chi connectivity index (χ3n) is 6.01. The first-order chi connectivity index (χ1) is 16.8. The topological polar surface area (TPSA) is 71.0 Å². The van der Waals surface area contributed by atoms with E-state index in [2.05, 4.69) is 20.3 Å². The number of hydrogen-bond donors (Lipinski definition) is 1. The highest BCUT2D eigenvalue weighted by molar-refractivity contribution is 7.15. The van der Waals surface area contributed by atoms with Crippen molar-refractivity contribution in [1.82, 2.24) is 19.9 Å². The van der Waals surface area contributed by atoms with Crippen LogP contribution in [0.25, 0.3) is 10.6 Å². The van der Waals surface area contributed by atoms with E-state index < -0.39 is 48.5 Å². The molecule has 2 atom stereocenters. The van der Waals surface area contributed by atoms with E-state index in [-0.39, 0.29) is 18.1 Å². The molecule has 1 saturated heterocycles. The lowest BCUT2D eigenvalue weighted by Crippen LogP contribution is -2.57. The standard InChI is InChI=1S/C24H24F5N5OS/c1-13-6-7-30-17(8-13)21-20(33-15(3)36-21)22(35)34-12-23(25,26)9-14(2)18(34)11-32-19-5-4-16(10-31-19)24(27,28)29/h4-8,10,14,18H,9,11-12H2,1-3H3,(H,31,32)/t14-,18?/m1/s1. The molecule has 4 rings (SSSR count). The van der Waals surface area contributed by atoms with Crippen molar-refractivity contribution >= 4 is 23.1 Å². The summed E-state index contributed by atoms with van der Waals surface area (Å²) in [5.41, 5.74) is 0.614. The lowest BCUT2D eigenvalue weighted by Gasteiger charge is -2.43. The third-order valence-corrected chi connectivity index (χ3v) is 7.00. The molecule has 6 nitrogen and oxygen atoms in total. The predicted octanol–water partition coefficient (Wildman–Crippen LogP) is 5.83. The summed E-state index contributed by atoms with van der Waals surface area (Å²) in [6.07, 6.45) is -2.64. The van der Waals surface area contributed by atoms with E-state index in [9.17, 15) is 26.7 Å². The number of anilines is 1. The van der Waals surface area contributed by atoms with E-state index in [1.807, 2.05) is 13.0 Å². The molecule has 192 valence electrons. The molecule has 0 bridgehead atoms. The van der Waals surface area contributed by atoms with Crippen molar-refractivity contribution in [3.63, 3.8) is 0 Å². The molecular weight excluding hydrogens is 501 g/mol. The normalized spacial score (nSPS) is 19.8. The van der Waals surface area contributed by atoms with E-state index in [0.29, 0.717) is 21.8 Å². The van der Waals surface area contributed by atoms with Crippen LogP contribution in [0.2, 0.25) is 0 Å². The lowest BCUT2D eigenvalue weighted by molar-refractivity contribution is -0.137. The Labute approximate surface area is 208 Å². The SMILES string of the molecule is Cc1ccnc(-c2sc(C)nc2C(=O)N2CC(F)(F)C[C@@H](C)C2CNc2ccc(C(F)(F)F)cn2)c1. The van der Waals surface area contributed by atoms with Crippen LogP contribution >= 0.6 is 11.3 Å². The minimum Gasteiger partial charge on any atom is -0.368 e. The molecule has 3 aromatic rings. The maximum absolute atomic E-state index is 14.6. The Bertz CT molecular complexity index is 1240. The Hall–Kier alpha value is -3.15. The van der Waals surface area contributed by atoms with Gasteiger partial charge < -0.3 is 10.2 Å². The number of nitrogens with zero attached hydrogens (tertiary/aromatic N) is 4. The van der Waals surface area contributed by atoms with Crippen molar-refractivity contribution in [2.24, 2.45) is 5.92 Å². The van der Waals surface area contributed by atoms with Crippen molar-refractivity contribution in [1.29, 1.82) is 0 Å². The summed E-state index contributed by atoms with van der Waals surface area (Å²) in [6.45, 7) is 4.46. The Balaban J connectivity index is 1.61. The van der Waals surface area contributed by atoms with Crippen LogP contribution in [0.5, 0.6) is 0 Å². The van der Waals surface area contributed by atoms with Gasteiger partial charge in [0.2, 0.25) is 0 Å². The fraction of sp³-hybridized carbons (Fsp3) is 0.417. The second-order valence-corrected chi connectivity index (χ2v) is 10.2. The average molecular weight is 526 g/mol. The Kier molecular flexibility index (Phi) is 7.00. The summed E-state index contributed by atoms with van der Waals surface area (Å²) >= 11 is 1.26. The number of alkyl halides is 5. The number of amides is 1. The van der Waals surface area contributed by atoms with E-state index in [0.717, 1.165) is 16.5 Å². The maximum atomic E-state index is 14.6. The van der Waals surface area contributed by atoms with Crippen LogP contribution in [0.3, 0.4) is 0 Å². The number of aryl methyl sites for hydroxylation is 2.